The molecule has 1 aromatic heterocycles. The Morgan fingerprint density at radius 3 is 2.78 bits per heavy atom. The predicted octanol–water partition coefficient (Wildman–Crippen LogP) is 2.26. The molecule has 1 saturated carbocycles. The lowest BCUT2D eigenvalue weighted by molar-refractivity contribution is 0.0170. The molecule has 0 bridgehead atoms. The molecule has 0 unspecified atom stereocenters. The molecule has 18 heavy (non-hydrogen) atoms. The van der Waals surface area contributed by atoms with Crippen LogP contribution >= 0.6 is 11.3 Å². The van der Waals surface area contributed by atoms with Gasteiger partial charge in [-0.3, -0.25) is 0 Å². The van der Waals surface area contributed by atoms with Crippen molar-refractivity contribution in [2.45, 2.75) is 45.4 Å². The molecule has 1 aromatic rings. The van der Waals surface area contributed by atoms with Crippen molar-refractivity contribution >= 4 is 16.5 Å². The highest BCUT2D eigenvalue weighted by Gasteiger charge is 2.28. The van der Waals surface area contributed by atoms with E-state index < -0.39 is 0 Å². The number of anilines is 1. The smallest absolute Gasteiger partial charge is 0.185 e. The van der Waals surface area contributed by atoms with Crippen LogP contribution < -0.4 is 10.2 Å². The van der Waals surface area contributed by atoms with Gasteiger partial charge in [-0.15, -0.1) is 11.3 Å². The van der Waals surface area contributed by atoms with Gasteiger partial charge >= 0.3 is 0 Å². The first-order chi connectivity index (χ1) is 8.76. The second-order valence-corrected chi connectivity index (χ2v) is 5.78. The fraction of sp³-hybridized carbons (Fsp3) is 0.769. The molecule has 0 aliphatic heterocycles. The first kappa shape index (κ1) is 13.8. The third-order valence-electron chi connectivity index (χ3n) is 3.57. The van der Waals surface area contributed by atoms with Gasteiger partial charge in [-0.1, -0.05) is 0 Å². The van der Waals surface area contributed by atoms with Crippen LogP contribution in [0.5, 0.6) is 0 Å². The van der Waals surface area contributed by atoms with Gasteiger partial charge in [0.2, 0.25) is 0 Å². The number of thiazole rings is 1. The second-order valence-electron chi connectivity index (χ2n) is 4.69. The molecule has 0 radical (unpaired) electrons. The van der Waals surface area contributed by atoms with Crippen LogP contribution in [-0.4, -0.2) is 37.3 Å². The third kappa shape index (κ3) is 3.22. The molecule has 4 nitrogen and oxygen atoms in total. The van der Waals surface area contributed by atoms with Crippen LogP contribution in [0.2, 0.25) is 0 Å². The van der Waals surface area contributed by atoms with Crippen molar-refractivity contribution in [3.8, 4) is 0 Å². The molecule has 1 aliphatic carbocycles. The molecular weight excluding hydrogens is 246 g/mol. The maximum atomic E-state index is 5.28. The fourth-order valence-corrected chi connectivity index (χ4v) is 3.18. The van der Waals surface area contributed by atoms with Crippen molar-refractivity contribution in [2.24, 2.45) is 0 Å². The predicted molar refractivity (Wildman–Crippen MR) is 76.3 cm³/mol. The van der Waals surface area contributed by atoms with Crippen molar-refractivity contribution in [3.63, 3.8) is 0 Å². The Labute approximate surface area is 113 Å². The molecule has 5 heteroatoms. The van der Waals surface area contributed by atoms with Gasteiger partial charge in [-0.2, -0.15) is 0 Å². The largest absolute Gasteiger partial charge is 0.381 e. The van der Waals surface area contributed by atoms with Gasteiger partial charge in [0.05, 0.1) is 6.10 Å². The second kappa shape index (κ2) is 6.50. The number of aromatic nitrogens is 1. The first-order valence-corrected chi connectivity index (χ1v) is 7.54. The van der Waals surface area contributed by atoms with E-state index in [1.165, 1.54) is 4.88 Å². The zero-order chi connectivity index (χ0) is 13.0. The average Bonchev–Trinajstić information content (AvgIpc) is 2.78. The van der Waals surface area contributed by atoms with E-state index in [-0.39, 0.29) is 0 Å². The van der Waals surface area contributed by atoms with Gasteiger partial charge in [0.1, 0.15) is 0 Å². The molecule has 2 rings (SSSR count). The van der Waals surface area contributed by atoms with E-state index in [0.29, 0.717) is 12.1 Å². The van der Waals surface area contributed by atoms with Crippen molar-refractivity contribution < 1.29 is 4.74 Å². The fourth-order valence-electron chi connectivity index (χ4n) is 2.19. The Balaban J connectivity index is 1.77. The van der Waals surface area contributed by atoms with Crippen LogP contribution in [-0.2, 0) is 11.3 Å². The zero-order valence-corrected chi connectivity index (χ0v) is 12.3. The minimum Gasteiger partial charge on any atom is -0.381 e. The van der Waals surface area contributed by atoms with Crippen LogP contribution in [0.4, 0.5) is 5.13 Å². The van der Waals surface area contributed by atoms with E-state index in [4.69, 9.17) is 4.74 Å². The lowest BCUT2D eigenvalue weighted by Crippen LogP contribution is -2.44. The summed E-state index contributed by atoms with van der Waals surface area (Å²) < 4.78 is 5.28. The summed E-state index contributed by atoms with van der Waals surface area (Å²) in [5.41, 5.74) is 0. The molecule has 0 spiro atoms. The van der Waals surface area contributed by atoms with Crippen molar-refractivity contribution in [1.29, 1.82) is 0 Å². The number of nitrogens with zero attached hydrogens (tertiary/aromatic N) is 2. The van der Waals surface area contributed by atoms with Crippen LogP contribution in [0.3, 0.4) is 0 Å². The topological polar surface area (TPSA) is 37.4 Å². The zero-order valence-electron chi connectivity index (χ0n) is 11.5. The Bertz CT molecular complexity index is 359. The van der Waals surface area contributed by atoms with Crippen LogP contribution in [0.15, 0.2) is 6.20 Å². The summed E-state index contributed by atoms with van der Waals surface area (Å²) in [7, 11) is 1.79. The Kier molecular flexibility index (Phi) is 4.97. The summed E-state index contributed by atoms with van der Waals surface area (Å²) in [6.45, 7) is 7.31. The van der Waals surface area contributed by atoms with E-state index >= 15 is 0 Å². The summed E-state index contributed by atoms with van der Waals surface area (Å²) in [6, 6.07) is 0.619. The standard InChI is InChI=1S/C13H23N3OS/c1-4-16(5-2)13-15-9-12(18-13)8-14-10-6-11(7-10)17-3/h9-11,14H,4-8H2,1-3H3. The van der Waals surface area contributed by atoms with E-state index in [1.54, 1.807) is 18.4 Å². The van der Waals surface area contributed by atoms with Gasteiger partial charge in [-0.05, 0) is 26.7 Å². The lowest BCUT2D eigenvalue weighted by Gasteiger charge is -2.34. The Morgan fingerprint density at radius 2 is 2.17 bits per heavy atom. The molecular formula is C13H23N3OS. The molecule has 1 heterocycles. The van der Waals surface area contributed by atoms with Crippen LogP contribution in [0, 0.1) is 0 Å². The SMILES string of the molecule is CCN(CC)c1ncc(CNC2CC(OC)C2)s1. The summed E-state index contributed by atoms with van der Waals surface area (Å²) in [5.74, 6) is 0. The minimum atomic E-state index is 0.468. The number of hydrogen-bond donors (Lipinski definition) is 1. The first-order valence-electron chi connectivity index (χ1n) is 6.72. The summed E-state index contributed by atoms with van der Waals surface area (Å²) in [6.07, 6.45) is 4.74. The highest BCUT2D eigenvalue weighted by atomic mass is 32.1. The number of nitrogens with one attached hydrogen (secondary N) is 1. The number of methoxy groups -OCH3 is 1. The van der Waals surface area contributed by atoms with E-state index in [9.17, 15) is 0 Å². The van der Waals surface area contributed by atoms with Crippen LogP contribution in [0.25, 0.3) is 0 Å². The molecule has 102 valence electrons. The molecule has 0 saturated heterocycles. The van der Waals surface area contributed by atoms with Crippen LogP contribution in [0.1, 0.15) is 31.6 Å². The van der Waals surface area contributed by atoms with Gasteiger partial charge in [0.15, 0.2) is 5.13 Å². The van der Waals surface area contributed by atoms with Crippen molar-refractivity contribution in [3.05, 3.63) is 11.1 Å². The quantitative estimate of drug-likeness (QED) is 0.824. The molecule has 0 atom stereocenters. The van der Waals surface area contributed by atoms with Gasteiger partial charge in [0.25, 0.3) is 0 Å². The molecule has 1 aliphatic rings. The normalized spacial score (nSPS) is 22.8. The third-order valence-corrected chi connectivity index (χ3v) is 4.63. The molecule has 1 N–H and O–H groups in total. The molecule has 1 fully saturated rings. The minimum absolute atomic E-state index is 0.468. The van der Waals surface area contributed by atoms with E-state index in [0.717, 1.165) is 37.6 Å². The molecule has 0 aromatic carbocycles. The van der Waals surface area contributed by atoms with Gasteiger partial charge in [-0.25, -0.2) is 4.98 Å². The van der Waals surface area contributed by atoms with Crippen molar-refractivity contribution in [1.82, 2.24) is 10.3 Å². The van der Waals surface area contributed by atoms with Gasteiger partial charge in [0, 0.05) is 43.9 Å². The lowest BCUT2D eigenvalue weighted by atomic mass is 9.89. The number of hydrogen-bond acceptors (Lipinski definition) is 5. The summed E-state index contributed by atoms with van der Waals surface area (Å²) >= 11 is 1.79. The maximum Gasteiger partial charge on any atom is 0.185 e. The van der Waals surface area contributed by atoms with E-state index in [2.05, 4.69) is 29.0 Å². The number of ether oxygens (including phenoxy) is 1. The Morgan fingerprint density at radius 1 is 1.44 bits per heavy atom. The summed E-state index contributed by atoms with van der Waals surface area (Å²) in [5, 5.41) is 4.70. The monoisotopic (exact) mass is 269 g/mol. The average molecular weight is 269 g/mol. The van der Waals surface area contributed by atoms with E-state index in [1.807, 2.05) is 6.20 Å². The van der Waals surface area contributed by atoms with Crippen molar-refractivity contribution in [2.75, 3.05) is 25.1 Å². The number of rotatable bonds is 7. The highest BCUT2D eigenvalue weighted by molar-refractivity contribution is 7.15. The van der Waals surface area contributed by atoms with Gasteiger partial charge < -0.3 is 15.0 Å². The highest BCUT2D eigenvalue weighted by Crippen LogP contribution is 2.25. The summed E-state index contributed by atoms with van der Waals surface area (Å²) in [4.78, 5) is 8.10. The Hall–Kier alpha value is -0.650. The molecule has 0 amide bonds. The maximum absolute atomic E-state index is 5.28.